The van der Waals surface area contributed by atoms with Crippen molar-refractivity contribution in [2.75, 3.05) is 0 Å². The standard InChI is InChI=1S/C11H9N3O3S/c1-6-12-13(5-9(15)16)10(17)8-4-7-2-3-18-11(7)14(6)8/h2-4H,5H2,1H3,(H,15,16). The van der Waals surface area contributed by atoms with Crippen molar-refractivity contribution >= 4 is 33.0 Å². The number of carbonyl (C=O) groups is 1. The molecule has 0 aromatic carbocycles. The largest absolute Gasteiger partial charge is 0.480 e. The molecule has 0 saturated heterocycles. The van der Waals surface area contributed by atoms with E-state index in [0.29, 0.717) is 11.3 Å². The van der Waals surface area contributed by atoms with Gasteiger partial charge in [0.1, 0.15) is 22.7 Å². The average Bonchev–Trinajstić information content (AvgIpc) is 2.83. The van der Waals surface area contributed by atoms with Gasteiger partial charge in [-0.2, -0.15) is 5.10 Å². The molecule has 3 aromatic rings. The van der Waals surface area contributed by atoms with Crippen LogP contribution in [0.1, 0.15) is 5.82 Å². The van der Waals surface area contributed by atoms with Gasteiger partial charge in [-0.05, 0) is 24.4 Å². The zero-order valence-corrected chi connectivity index (χ0v) is 10.3. The molecule has 0 atom stereocenters. The van der Waals surface area contributed by atoms with E-state index in [1.807, 2.05) is 11.4 Å². The van der Waals surface area contributed by atoms with Gasteiger partial charge in [0.25, 0.3) is 5.56 Å². The lowest BCUT2D eigenvalue weighted by molar-refractivity contribution is -0.138. The van der Waals surface area contributed by atoms with E-state index in [1.54, 1.807) is 17.4 Å². The van der Waals surface area contributed by atoms with Crippen LogP contribution in [0.15, 0.2) is 22.3 Å². The lowest BCUT2D eigenvalue weighted by atomic mass is 10.4. The van der Waals surface area contributed by atoms with Crippen molar-refractivity contribution < 1.29 is 9.90 Å². The van der Waals surface area contributed by atoms with E-state index >= 15 is 0 Å². The first-order chi connectivity index (χ1) is 8.58. The van der Waals surface area contributed by atoms with Crippen LogP contribution in [0.5, 0.6) is 0 Å². The molecule has 0 aliphatic heterocycles. The molecule has 7 heteroatoms. The van der Waals surface area contributed by atoms with Crippen LogP contribution in [0.3, 0.4) is 0 Å². The van der Waals surface area contributed by atoms with Crippen LogP contribution in [0, 0.1) is 6.92 Å². The summed E-state index contributed by atoms with van der Waals surface area (Å²) in [6, 6.07) is 3.69. The van der Waals surface area contributed by atoms with Gasteiger partial charge >= 0.3 is 5.97 Å². The fourth-order valence-electron chi connectivity index (χ4n) is 2.03. The van der Waals surface area contributed by atoms with Gasteiger partial charge < -0.3 is 5.11 Å². The number of aryl methyl sites for hydroxylation is 1. The summed E-state index contributed by atoms with van der Waals surface area (Å²) in [4.78, 5) is 23.7. The number of nitrogens with zero attached hydrogens (tertiary/aromatic N) is 3. The monoisotopic (exact) mass is 263 g/mol. The summed E-state index contributed by atoms with van der Waals surface area (Å²) in [5, 5.41) is 15.7. The summed E-state index contributed by atoms with van der Waals surface area (Å²) < 4.78 is 2.75. The van der Waals surface area contributed by atoms with E-state index in [2.05, 4.69) is 5.10 Å². The number of carboxylic acids is 1. The Kier molecular flexibility index (Phi) is 2.24. The third-order valence-electron chi connectivity index (χ3n) is 2.74. The molecular weight excluding hydrogens is 254 g/mol. The SMILES string of the molecule is Cc1nn(CC(=O)O)c(=O)c2cc3ccsc3n12. The molecule has 0 fully saturated rings. The van der Waals surface area contributed by atoms with Crippen LogP contribution < -0.4 is 5.56 Å². The van der Waals surface area contributed by atoms with Gasteiger partial charge in [0.15, 0.2) is 0 Å². The molecule has 0 aliphatic carbocycles. The lowest BCUT2D eigenvalue weighted by Crippen LogP contribution is -2.29. The second-order valence-electron chi connectivity index (χ2n) is 3.95. The molecule has 6 nitrogen and oxygen atoms in total. The van der Waals surface area contributed by atoms with Gasteiger partial charge in [-0.15, -0.1) is 11.3 Å². The van der Waals surface area contributed by atoms with Gasteiger partial charge in [-0.1, -0.05) is 0 Å². The average molecular weight is 263 g/mol. The summed E-state index contributed by atoms with van der Waals surface area (Å²) in [6.45, 7) is 1.33. The van der Waals surface area contributed by atoms with Gasteiger partial charge in [-0.25, -0.2) is 4.68 Å². The number of hydrogen-bond donors (Lipinski definition) is 1. The van der Waals surface area contributed by atoms with Crippen molar-refractivity contribution in [1.82, 2.24) is 14.2 Å². The van der Waals surface area contributed by atoms with Crippen LogP contribution in [0.4, 0.5) is 0 Å². The molecule has 0 saturated carbocycles. The predicted octanol–water partition coefficient (Wildman–Crippen LogP) is 1.10. The minimum atomic E-state index is -1.08. The third kappa shape index (κ3) is 1.44. The Labute approximate surface area is 105 Å². The van der Waals surface area contributed by atoms with Crippen LogP contribution in [0.2, 0.25) is 0 Å². The molecule has 18 heavy (non-hydrogen) atoms. The predicted molar refractivity (Wildman–Crippen MR) is 67.2 cm³/mol. The highest BCUT2D eigenvalue weighted by molar-refractivity contribution is 7.16. The Bertz CT molecular complexity index is 827. The molecule has 0 aliphatic rings. The molecule has 3 heterocycles. The van der Waals surface area contributed by atoms with E-state index in [0.717, 1.165) is 14.9 Å². The quantitative estimate of drug-likeness (QED) is 0.751. The van der Waals surface area contributed by atoms with E-state index in [4.69, 9.17) is 5.11 Å². The fraction of sp³-hybridized carbons (Fsp3) is 0.182. The van der Waals surface area contributed by atoms with Gasteiger partial charge in [0, 0.05) is 5.39 Å². The van der Waals surface area contributed by atoms with Crippen molar-refractivity contribution in [2.24, 2.45) is 0 Å². The minimum absolute atomic E-state index is 0.383. The Morgan fingerprint density at radius 2 is 2.33 bits per heavy atom. The van der Waals surface area contributed by atoms with E-state index < -0.39 is 12.5 Å². The Morgan fingerprint density at radius 1 is 1.56 bits per heavy atom. The molecule has 3 rings (SSSR count). The number of hydrogen-bond acceptors (Lipinski definition) is 4. The van der Waals surface area contributed by atoms with Gasteiger partial charge in [0.2, 0.25) is 0 Å². The zero-order valence-electron chi connectivity index (χ0n) is 9.45. The van der Waals surface area contributed by atoms with Gasteiger partial charge in [-0.3, -0.25) is 14.0 Å². The first-order valence-corrected chi connectivity index (χ1v) is 6.14. The number of fused-ring (bicyclic) bond motifs is 3. The van der Waals surface area contributed by atoms with Crippen LogP contribution in [-0.4, -0.2) is 25.3 Å². The Hall–Kier alpha value is -2.15. The molecule has 0 bridgehead atoms. The molecule has 0 radical (unpaired) electrons. The van der Waals surface area contributed by atoms with Crippen LogP contribution in [-0.2, 0) is 11.3 Å². The molecular formula is C11H9N3O3S. The summed E-state index contributed by atoms with van der Waals surface area (Å²) in [5.74, 6) is -0.481. The molecule has 3 aromatic heterocycles. The molecule has 92 valence electrons. The highest BCUT2D eigenvalue weighted by atomic mass is 32.1. The number of aromatic nitrogens is 3. The number of rotatable bonds is 2. The van der Waals surface area contributed by atoms with Crippen molar-refractivity contribution in [3.05, 3.63) is 33.7 Å². The Morgan fingerprint density at radius 3 is 3.06 bits per heavy atom. The lowest BCUT2D eigenvalue weighted by Gasteiger charge is -2.05. The van der Waals surface area contributed by atoms with Crippen LogP contribution >= 0.6 is 11.3 Å². The fourth-order valence-corrected chi connectivity index (χ4v) is 2.98. The summed E-state index contributed by atoms with van der Waals surface area (Å²) >= 11 is 1.52. The number of thiophene rings is 1. The molecule has 0 spiro atoms. The van der Waals surface area contributed by atoms with Crippen LogP contribution in [0.25, 0.3) is 15.7 Å². The first kappa shape index (κ1) is 11.0. The highest BCUT2D eigenvalue weighted by Gasteiger charge is 2.13. The maximum Gasteiger partial charge on any atom is 0.325 e. The number of aliphatic carboxylic acids is 1. The second kappa shape index (κ2) is 3.67. The minimum Gasteiger partial charge on any atom is -0.480 e. The highest BCUT2D eigenvalue weighted by Crippen LogP contribution is 2.24. The molecule has 1 N–H and O–H groups in total. The number of carboxylic acid groups (broad SMARTS) is 1. The van der Waals surface area contributed by atoms with Crippen molar-refractivity contribution in [1.29, 1.82) is 0 Å². The smallest absolute Gasteiger partial charge is 0.325 e. The van der Waals surface area contributed by atoms with Gasteiger partial charge in [0.05, 0.1) is 0 Å². The molecule has 0 amide bonds. The topological polar surface area (TPSA) is 76.6 Å². The second-order valence-corrected chi connectivity index (χ2v) is 4.84. The summed E-state index contributed by atoms with van der Waals surface area (Å²) in [6.07, 6.45) is 0. The maximum absolute atomic E-state index is 12.1. The molecule has 0 unspecified atom stereocenters. The zero-order chi connectivity index (χ0) is 12.9. The van der Waals surface area contributed by atoms with Crippen molar-refractivity contribution in [3.63, 3.8) is 0 Å². The normalized spacial score (nSPS) is 11.4. The summed E-state index contributed by atoms with van der Waals surface area (Å²) in [7, 11) is 0. The Balaban J connectivity index is 2.41. The third-order valence-corrected chi connectivity index (χ3v) is 3.65. The van der Waals surface area contributed by atoms with Crippen molar-refractivity contribution in [2.45, 2.75) is 13.5 Å². The maximum atomic E-state index is 12.1. The first-order valence-electron chi connectivity index (χ1n) is 5.26. The van der Waals surface area contributed by atoms with Crippen molar-refractivity contribution in [3.8, 4) is 0 Å². The van der Waals surface area contributed by atoms with E-state index in [-0.39, 0.29) is 5.56 Å². The van der Waals surface area contributed by atoms with E-state index in [9.17, 15) is 9.59 Å². The van der Waals surface area contributed by atoms with E-state index in [1.165, 1.54) is 11.3 Å². The summed E-state index contributed by atoms with van der Waals surface area (Å²) in [5.41, 5.74) is 0.0806.